The van der Waals surface area contributed by atoms with Crippen molar-refractivity contribution in [3.8, 4) is 0 Å². The number of furan rings is 1. The highest BCUT2D eigenvalue weighted by Gasteiger charge is 2.64. The van der Waals surface area contributed by atoms with Crippen LogP contribution in [-0.4, -0.2) is 46.9 Å². The highest BCUT2D eigenvalue weighted by atomic mass is 16.6. The molecule has 7 heteroatoms. The predicted molar refractivity (Wildman–Crippen MR) is 97.7 cm³/mol. The summed E-state index contributed by atoms with van der Waals surface area (Å²) in [5.41, 5.74) is -0.0193. The molecule has 3 N–H and O–H groups in total. The van der Waals surface area contributed by atoms with Crippen LogP contribution in [0.2, 0.25) is 0 Å². The van der Waals surface area contributed by atoms with Gasteiger partial charge >= 0.3 is 5.97 Å². The number of ether oxygens (including phenoxy) is 2. The van der Waals surface area contributed by atoms with E-state index in [-0.39, 0.29) is 5.92 Å². The fourth-order valence-electron chi connectivity index (χ4n) is 6.15. The van der Waals surface area contributed by atoms with Crippen LogP contribution in [0.5, 0.6) is 0 Å². The van der Waals surface area contributed by atoms with Gasteiger partial charge in [0.2, 0.25) is 0 Å². The number of rotatable bonds is 2. The molecule has 1 saturated heterocycles. The van der Waals surface area contributed by atoms with Crippen molar-refractivity contribution in [2.24, 2.45) is 22.7 Å². The molecule has 0 radical (unpaired) electrons. The van der Waals surface area contributed by atoms with E-state index in [2.05, 4.69) is 0 Å². The number of methoxy groups -OCH3 is 1. The van der Waals surface area contributed by atoms with Crippen LogP contribution < -0.4 is 0 Å². The third-order valence-electron chi connectivity index (χ3n) is 7.46. The van der Waals surface area contributed by atoms with Crippen molar-refractivity contribution in [3.05, 3.63) is 35.8 Å². The first-order valence-electron chi connectivity index (χ1n) is 9.74. The average Bonchev–Trinajstić information content (AvgIpc) is 3.18. The van der Waals surface area contributed by atoms with Gasteiger partial charge in [0.15, 0.2) is 6.29 Å². The Morgan fingerprint density at radius 1 is 1.29 bits per heavy atom. The molecule has 4 rings (SSSR count). The lowest BCUT2D eigenvalue weighted by molar-refractivity contribution is -0.280. The van der Waals surface area contributed by atoms with Gasteiger partial charge in [0.1, 0.15) is 0 Å². The van der Waals surface area contributed by atoms with Gasteiger partial charge in [0, 0.05) is 28.4 Å². The number of esters is 1. The van der Waals surface area contributed by atoms with E-state index >= 15 is 0 Å². The van der Waals surface area contributed by atoms with Gasteiger partial charge in [-0.2, -0.15) is 0 Å². The first kappa shape index (κ1) is 19.6. The first-order chi connectivity index (χ1) is 13.2. The lowest BCUT2D eigenvalue weighted by atomic mass is 9.44. The Balaban J connectivity index is 1.79. The van der Waals surface area contributed by atoms with Gasteiger partial charge in [-0.25, -0.2) is 4.79 Å². The summed E-state index contributed by atoms with van der Waals surface area (Å²) in [6.45, 7) is 3.97. The maximum Gasteiger partial charge on any atom is 0.334 e. The van der Waals surface area contributed by atoms with Gasteiger partial charge in [-0.05, 0) is 36.8 Å². The van der Waals surface area contributed by atoms with Crippen LogP contribution in [0.1, 0.15) is 44.8 Å². The quantitative estimate of drug-likeness (QED) is 0.660. The summed E-state index contributed by atoms with van der Waals surface area (Å²) in [5.74, 6) is -1.15. The van der Waals surface area contributed by atoms with Crippen molar-refractivity contribution in [2.75, 3.05) is 7.11 Å². The molecular formula is C21H28O7. The number of aliphatic hydroxyl groups is 3. The highest BCUT2D eigenvalue weighted by molar-refractivity contribution is 5.90. The van der Waals surface area contributed by atoms with Gasteiger partial charge in [0.25, 0.3) is 0 Å². The molecule has 2 fully saturated rings. The summed E-state index contributed by atoms with van der Waals surface area (Å²) in [5, 5.41) is 32.3. The van der Waals surface area contributed by atoms with E-state index in [0.29, 0.717) is 24.8 Å². The number of carbonyl (C=O) groups is 1. The maximum atomic E-state index is 12.5. The first-order valence-corrected chi connectivity index (χ1v) is 9.74. The third kappa shape index (κ3) is 2.68. The molecule has 1 saturated carbocycles. The van der Waals surface area contributed by atoms with Crippen LogP contribution in [0.15, 0.2) is 34.7 Å². The zero-order valence-electron chi connectivity index (χ0n) is 16.4. The number of aliphatic hydroxyl groups excluding tert-OH is 3. The highest BCUT2D eigenvalue weighted by Crippen LogP contribution is 2.65. The topological polar surface area (TPSA) is 109 Å². The Labute approximate surface area is 163 Å². The predicted octanol–water partition coefficient (Wildman–Crippen LogP) is 1.93. The number of carbonyl (C=O) groups excluding carboxylic acids is 1. The van der Waals surface area contributed by atoms with Crippen molar-refractivity contribution in [1.29, 1.82) is 0 Å². The van der Waals surface area contributed by atoms with E-state index in [1.54, 1.807) is 18.6 Å². The molecule has 1 aliphatic heterocycles. The Hall–Kier alpha value is -1.67. The third-order valence-corrected chi connectivity index (χ3v) is 7.46. The van der Waals surface area contributed by atoms with Gasteiger partial charge in [-0.1, -0.05) is 13.8 Å². The van der Waals surface area contributed by atoms with Crippen LogP contribution in [0, 0.1) is 22.7 Å². The molecule has 1 aromatic heterocycles. The SMILES string of the molecule is COC(=O)C1=CC(O)C(O)C2C1(C)CCC1C(O)OC(c3ccoc3)CC12C. The van der Waals surface area contributed by atoms with Crippen LogP contribution in [0.25, 0.3) is 0 Å². The summed E-state index contributed by atoms with van der Waals surface area (Å²) in [6, 6.07) is 1.80. The van der Waals surface area contributed by atoms with E-state index in [0.717, 1.165) is 5.56 Å². The molecule has 0 spiro atoms. The minimum Gasteiger partial charge on any atom is -0.472 e. The molecule has 28 heavy (non-hydrogen) atoms. The molecule has 154 valence electrons. The lowest BCUT2D eigenvalue weighted by Crippen LogP contribution is -2.63. The van der Waals surface area contributed by atoms with Gasteiger partial charge in [-0.15, -0.1) is 0 Å². The summed E-state index contributed by atoms with van der Waals surface area (Å²) in [7, 11) is 1.32. The summed E-state index contributed by atoms with van der Waals surface area (Å²) >= 11 is 0. The molecule has 0 aromatic carbocycles. The van der Waals surface area contributed by atoms with E-state index in [1.807, 2.05) is 13.8 Å². The average molecular weight is 392 g/mol. The smallest absolute Gasteiger partial charge is 0.334 e. The normalized spacial score (nSPS) is 45.6. The zero-order chi connectivity index (χ0) is 20.3. The molecule has 2 heterocycles. The van der Waals surface area contributed by atoms with Crippen LogP contribution in [0.3, 0.4) is 0 Å². The molecular weight excluding hydrogens is 364 g/mol. The van der Waals surface area contributed by atoms with Gasteiger partial charge in [-0.3, -0.25) is 0 Å². The Bertz CT molecular complexity index is 772. The zero-order valence-corrected chi connectivity index (χ0v) is 16.4. The van der Waals surface area contributed by atoms with Gasteiger partial charge in [0.05, 0.1) is 37.9 Å². The van der Waals surface area contributed by atoms with Crippen LogP contribution in [0.4, 0.5) is 0 Å². The van der Waals surface area contributed by atoms with Crippen molar-refractivity contribution in [2.45, 2.75) is 57.7 Å². The van der Waals surface area contributed by atoms with Crippen LogP contribution in [-0.2, 0) is 14.3 Å². The van der Waals surface area contributed by atoms with Crippen molar-refractivity contribution >= 4 is 5.97 Å². The van der Waals surface area contributed by atoms with Gasteiger partial charge < -0.3 is 29.2 Å². The summed E-state index contributed by atoms with van der Waals surface area (Å²) < 4.78 is 16.0. The maximum absolute atomic E-state index is 12.5. The van der Waals surface area contributed by atoms with Crippen LogP contribution >= 0.6 is 0 Å². The molecule has 8 atom stereocenters. The standard InChI is InChI=1S/C21H28O7/c1-20-6-4-12-19(25)28-15(11-5-7-27-10-11)9-21(12,2)17(20)16(23)14(22)8-13(20)18(24)26-3/h5,7-8,10,12,14-17,19,22-23,25H,4,6,9H2,1-3H3. The summed E-state index contributed by atoms with van der Waals surface area (Å²) in [6.07, 6.45) is 2.72. The lowest BCUT2D eigenvalue weighted by Gasteiger charge is -2.62. The molecule has 0 bridgehead atoms. The largest absolute Gasteiger partial charge is 0.472 e. The van der Waals surface area contributed by atoms with E-state index in [4.69, 9.17) is 13.9 Å². The Kier molecular flexibility index (Phi) is 4.69. The summed E-state index contributed by atoms with van der Waals surface area (Å²) in [4.78, 5) is 12.5. The second-order valence-electron chi connectivity index (χ2n) is 8.88. The molecule has 2 aliphatic carbocycles. The van der Waals surface area contributed by atoms with E-state index in [9.17, 15) is 20.1 Å². The number of fused-ring (bicyclic) bond motifs is 3. The van der Waals surface area contributed by atoms with Crippen molar-refractivity contribution < 1.29 is 34.0 Å². The Morgan fingerprint density at radius 2 is 2.04 bits per heavy atom. The number of hydrogen-bond donors (Lipinski definition) is 3. The molecule has 7 nitrogen and oxygen atoms in total. The second kappa shape index (κ2) is 6.69. The van der Waals surface area contributed by atoms with Crippen molar-refractivity contribution in [3.63, 3.8) is 0 Å². The van der Waals surface area contributed by atoms with E-state index in [1.165, 1.54) is 13.2 Å². The molecule has 0 amide bonds. The minimum absolute atomic E-state index is 0.215. The van der Waals surface area contributed by atoms with E-state index < -0.39 is 47.3 Å². The fraction of sp³-hybridized carbons (Fsp3) is 0.667. The molecule has 1 aromatic rings. The second-order valence-corrected chi connectivity index (χ2v) is 8.88. The molecule has 3 aliphatic rings. The minimum atomic E-state index is -1.17. The molecule has 8 unspecified atom stereocenters. The van der Waals surface area contributed by atoms with Crippen molar-refractivity contribution in [1.82, 2.24) is 0 Å². The monoisotopic (exact) mass is 392 g/mol. The Morgan fingerprint density at radius 3 is 2.68 bits per heavy atom. The number of hydrogen-bond acceptors (Lipinski definition) is 7. The fourth-order valence-corrected chi connectivity index (χ4v) is 6.15.